The van der Waals surface area contributed by atoms with E-state index in [2.05, 4.69) is 10.4 Å². The summed E-state index contributed by atoms with van der Waals surface area (Å²) in [5.74, 6) is -0.956. The zero-order valence-electron chi connectivity index (χ0n) is 11.2. The molecule has 0 aliphatic carbocycles. The Morgan fingerprint density at radius 1 is 1.30 bits per heavy atom. The van der Waals surface area contributed by atoms with Crippen LogP contribution in [0.1, 0.15) is 17.3 Å². The molecular formula is C14H15N3O3. The van der Waals surface area contributed by atoms with Gasteiger partial charge in [0.05, 0.1) is 11.8 Å². The number of nitrogens with one attached hydrogen (secondary N) is 1. The maximum Gasteiger partial charge on any atom is 0.342 e. The van der Waals surface area contributed by atoms with E-state index in [1.807, 2.05) is 18.2 Å². The Bertz CT molecular complexity index is 607. The third-order valence-corrected chi connectivity index (χ3v) is 2.63. The summed E-state index contributed by atoms with van der Waals surface area (Å²) in [4.78, 5) is 23.6. The van der Waals surface area contributed by atoms with Crippen molar-refractivity contribution in [2.45, 2.75) is 13.0 Å². The molecule has 6 nitrogen and oxygen atoms in total. The number of benzene rings is 1. The minimum Gasteiger partial charge on any atom is -0.449 e. The van der Waals surface area contributed by atoms with Crippen LogP contribution in [0.2, 0.25) is 0 Å². The molecule has 0 spiro atoms. The van der Waals surface area contributed by atoms with Crippen molar-refractivity contribution in [1.29, 1.82) is 0 Å². The first-order valence-corrected chi connectivity index (χ1v) is 6.12. The van der Waals surface area contributed by atoms with Gasteiger partial charge >= 0.3 is 5.97 Å². The van der Waals surface area contributed by atoms with Crippen LogP contribution in [0.15, 0.2) is 42.7 Å². The van der Waals surface area contributed by atoms with E-state index >= 15 is 0 Å². The van der Waals surface area contributed by atoms with Crippen LogP contribution in [-0.4, -0.2) is 27.8 Å². The van der Waals surface area contributed by atoms with E-state index < -0.39 is 12.1 Å². The smallest absolute Gasteiger partial charge is 0.342 e. The number of rotatable bonds is 4. The molecule has 2 rings (SSSR count). The first kappa shape index (κ1) is 13.8. The lowest BCUT2D eigenvalue weighted by molar-refractivity contribution is -0.123. The maximum atomic E-state index is 11.9. The van der Waals surface area contributed by atoms with Gasteiger partial charge in [0.1, 0.15) is 0 Å². The summed E-state index contributed by atoms with van der Waals surface area (Å²) in [6.45, 7) is 1.52. The number of hydrogen-bond acceptors (Lipinski definition) is 4. The lowest BCUT2D eigenvalue weighted by Gasteiger charge is -2.12. The predicted molar refractivity (Wildman–Crippen MR) is 73.2 cm³/mol. The first-order valence-electron chi connectivity index (χ1n) is 6.12. The van der Waals surface area contributed by atoms with E-state index in [0.29, 0.717) is 11.3 Å². The second-order valence-electron chi connectivity index (χ2n) is 4.31. The van der Waals surface area contributed by atoms with Gasteiger partial charge in [0.25, 0.3) is 5.91 Å². The molecule has 1 heterocycles. The number of para-hydroxylation sites is 1. The third-order valence-electron chi connectivity index (χ3n) is 2.63. The average Bonchev–Trinajstić information content (AvgIpc) is 2.86. The zero-order chi connectivity index (χ0) is 14.5. The quantitative estimate of drug-likeness (QED) is 0.859. The topological polar surface area (TPSA) is 73.2 Å². The van der Waals surface area contributed by atoms with Crippen LogP contribution >= 0.6 is 0 Å². The molecule has 0 radical (unpaired) electrons. The summed E-state index contributed by atoms with van der Waals surface area (Å²) >= 11 is 0. The van der Waals surface area contributed by atoms with E-state index in [0.717, 1.165) is 0 Å². The average molecular weight is 273 g/mol. The molecule has 104 valence electrons. The third kappa shape index (κ3) is 3.44. The van der Waals surface area contributed by atoms with Crippen LogP contribution in [0.5, 0.6) is 0 Å². The highest BCUT2D eigenvalue weighted by molar-refractivity contribution is 5.97. The van der Waals surface area contributed by atoms with Crippen molar-refractivity contribution in [2.24, 2.45) is 7.05 Å². The molecule has 0 bridgehead atoms. The van der Waals surface area contributed by atoms with E-state index in [1.165, 1.54) is 24.0 Å². The molecule has 20 heavy (non-hydrogen) atoms. The van der Waals surface area contributed by atoms with Crippen molar-refractivity contribution in [3.05, 3.63) is 48.3 Å². The van der Waals surface area contributed by atoms with Gasteiger partial charge in [-0.05, 0) is 19.1 Å². The van der Waals surface area contributed by atoms with Crippen molar-refractivity contribution >= 4 is 17.6 Å². The number of hydrogen-bond donors (Lipinski definition) is 1. The van der Waals surface area contributed by atoms with E-state index in [4.69, 9.17) is 4.74 Å². The second-order valence-corrected chi connectivity index (χ2v) is 4.31. The van der Waals surface area contributed by atoms with Crippen molar-refractivity contribution < 1.29 is 14.3 Å². The fourth-order valence-electron chi connectivity index (χ4n) is 1.57. The Balaban J connectivity index is 1.93. The highest BCUT2D eigenvalue weighted by Crippen LogP contribution is 2.08. The minimum absolute atomic E-state index is 0.312. The van der Waals surface area contributed by atoms with Gasteiger partial charge in [-0.15, -0.1) is 0 Å². The molecule has 1 N–H and O–H groups in total. The number of ether oxygens (including phenoxy) is 1. The van der Waals surface area contributed by atoms with Gasteiger partial charge in [0.2, 0.25) is 0 Å². The summed E-state index contributed by atoms with van der Waals surface area (Å²) in [7, 11) is 1.70. The molecule has 6 heteroatoms. The van der Waals surface area contributed by atoms with Crippen molar-refractivity contribution in [1.82, 2.24) is 9.78 Å². The van der Waals surface area contributed by atoms with Gasteiger partial charge in [-0.25, -0.2) is 4.79 Å². The SMILES string of the molecule is CC(OC(=O)c1cnn(C)c1)C(=O)Nc1ccccc1. The second kappa shape index (κ2) is 6.01. The molecule has 1 amide bonds. The highest BCUT2D eigenvalue weighted by Gasteiger charge is 2.19. The number of anilines is 1. The summed E-state index contributed by atoms with van der Waals surface area (Å²) in [6, 6.07) is 8.98. The molecule has 0 saturated carbocycles. The molecule has 1 unspecified atom stereocenters. The molecule has 0 fully saturated rings. The Morgan fingerprint density at radius 3 is 2.60 bits per heavy atom. The number of carbonyl (C=O) groups is 2. The lowest BCUT2D eigenvalue weighted by atomic mass is 10.3. The number of amides is 1. The molecule has 0 saturated heterocycles. The standard InChI is InChI=1S/C14H15N3O3/c1-10(13(18)16-12-6-4-3-5-7-12)20-14(19)11-8-15-17(2)9-11/h3-10H,1-2H3,(H,16,18). The molecule has 0 aliphatic rings. The number of aryl methyl sites for hydroxylation is 1. The van der Waals surface area contributed by atoms with Crippen LogP contribution < -0.4 is 5.32 Å². The Morgan fingerprint density at radius 2 is 2.00 bits per heavy atom. The molecular weight excluding hydrogens is 258 g/mol. The van der Waals surface area contributed by atoms with Crippen molar-refractivity contribution in [3.63, 3.8) is 0 Å². The fourth-order valence-corrected chi connectivity index (χ4v) is 1.57. The molecule has 1 aromatic heterocycles. The van der Waals surface area contributed by atoms with Crippen LogP contribution in [0.4, 0.5) is 5.69 Å². The van der Waals surface area contributed by atoms with Crippen LogP contribution in [0.3, 0.4) is 0 Å². The van der Waals surface area contributed by atoms with Gasteiger partial charge in [-0.3, -0.25) is 9.48 Å². The van der Waals surface area contributed by atoms with Crippen LogP contribution in [0.25, 0.3) is 0 Å². The summed E-state index contributed by atoms with van der Waals surface area (Å²) in [5.41, 5.74) is 0.966. The van der Waals surface area contributed by atoms with E-state index in [-0.39, 0.29) is 5.91 Å². The van der Waals surface area contributed by atoms with Crippen LogP contribution in [-0.2, 0) is 16.6 Å². The number of nitrogens with zero attached hydrogens (tertiary/aromatic N) is 2. The van der Waals surface area contributed by atoms with Gasteiger partial charge in [0.15, 0.2) is 6.10 Å². The number of aromatic nitrogens is 2. The molecule has 0 aliphatic heterocycles. The van der Waals surface area contributed by atoms with Gasteiger partial charge in [-0.1, -0.05) is 18.2 Å². The van der Waals surface area contributed by atoms with E-state index in [9.17, 15) is 9.59 Å². The lowest BCUT2D eigenvalue weighted by Crippen LogP contribution is -2.29. The first-order chi connectivity index (χ1) is 9.56. The molecule has 2 aromatic rings. The van der Waals surface area contributed by atoms with Crippen molar-refractivity contribution in [3.8, 4) is 0 Å². The van der Waals surface area contributed by atoms with Gasteiger partial charge in [-0.2, -0.15) is 5.10 Å². The van der Waals surface area contributed by atoms with Crippen molar-refractivity contribution in [2.75, 3.05) is 5.32 Å². The van der Waals surface area contributed by atoms with E-state index in [1.54, 1.807) is 19.2 Å². The van der Waals surface area contributed by atoms with Crippen LogP contribution in [0, 0.1) is 0 Å². The summed E-state index contributed by atoms with van der Waals surface area (Å²) < 4.78 is 6.57. The van der Waals surface area contributed by atoms with Gasteiger partial charge < -0.3 is 10.1 Å². The Hall–Kier alpha value is -2.63. The summed E-state index contributed by atoms with van der Waals surface area (Å²) in [6.07, 6.45) is 2.04. The normalized spacial score (nSPS) is 11.7. The number of esters is 1. The van der Waals surface area contributed by atoms with Gasteiger partial charge in [0, 0.05) is 18.9 Å². The Kier molecular flexibility index (Phi) is 4.14. The highest BCUT2D eigenvalue weighted by atomic mass is 16.5. The monoisotopic (exact) mass is 273 g/mol. The number of carbonyl (C=O) groups excluding carboxylic acids is 2. The maximum absolute atomic E-state index is 11.9. The molecule has 1 aromatic carbocycles. The molecule has 1 atom stereocenters. The Labute approximate surface area is 116 Å². The fraction of sp³-hybridized carbons (Fsp3) is 0.214. The summed E-state index contributed by atoms with van der Waals surface area (Å²) in [5, 5.41) is 6.54. The minimum atomic E-state index is -0.886. The zero-order valence-corrected chi connectivity index (χ0v) is 11.2. The predicted octanol–water partition coefficient (Wildman–Crippen LogP) is 1.60. The largest absolute Gasteiger partial charge is 0.449 e.